The third kappa shape index (κ3) is 3.94. The molecular formula is C22H31N5O4. The Labute approximate surface area is 182 Å². The monoisotopic (exact) mass is 429 g/mol. The molecule has 2 fully saturated rings. The molecule has 1 N–H and O–H groups in total. The largest absolute Gasteiger partial charge is 0.491 e. The van der Waals surface area contributed by atoms with E-state index in [4.69, 9.17) is 9.73 Å². The summed E-state index contributed by atoms with van der Waals surface area (Å²) in [5.74, 6) is 1.09. The molecule has 3 heterocycles. The maximum absolute atomic E-state index is 13.0. The molecule has 0 saturated carbocycles. The van der Waals surface area contributed by atoms with Crippen LogP contribution in [0.2, 0.25) is 0 Å². The molecule has 9 nitrogen and oxygen atoms in total. The van der Waals surface area contributed by atoms with Crippen molar-refractivity contribution in [2.75, 3.05) is 40.3 Å². The number of likely N-dealkylation sites (N-methyl/N-ethyl adjacent to an activating group) is 2. The molecule has 2 saturated heterocycles. The molecule has 1 aromatic rings. The average molecular weight is 430 g/mol. The van der Waals surface area contributed by atoms with E-state index in [2.05, 4.69) is 4.90 Å². The van der Waals surface area contributed by atoms with Crippen LogP contribution in [0.25, 0.3) is 0 Å². The lowest BCUT2D eigenvalue weighted by atomic mass is 10.1. The zero-order chi connectivity index (χ0) is 22.3. The number of amides is 3. The van der Waals surface area contributed by atoms with Crippen LogP contribution in [-0.4, -0.2) is 101 Å². The van der Waals surface area contributed by atoms with Crippen LogP contribution in [0.1, 0.15) is 24.0 Å². The highest BCUT2D eigenvalue weighted by Crippen LogP contribution is 2.29. The van der Waals surface area contributed by atoms with Gasteiger partial charge in [0.2, 0.25) is 0 Å². The Hall–Kier alpha value is -2.81. The lowest BCUT2D eigenvalue weighted by Gasteiger charge is -2.41. The van der Waals surface area contributed by atoms with Gasteiger partial charge in [-0.15, -0.1) is 0 Å². The van der Waals surface area contributed by atoms with Gasteiger partial charge in [-0.05, 0) is 49.9 Å². The summed E-state index contributed by atoms with van der Waals surface area (Å²) in [5, 5.41) is 10.8. The van der Waals surface area contributed by atoms with Crippen molar-refractivity contribution in [3.63, 3.8) is 0 Å². The Morgan fingerprint density at radius 2 is 1.87 bits per heavy atom. The van der Waals surface area contributed by atoms with Crippen LogP contribution in [-0.2, 0) is 4.79 Å². The molecule has 1 aromatic carbocycles. The van der Waals surface area contributed by atoms with E-state index in [0.29, 0.717) is 11.7 Å². The molecule has 0 aromatic heterocycles. The van der Waals surface area contributed by atoms with Gasteiger partial charge < -0.3 is 24.5 Å². The molecule has 3 amide bonds. The Balaban J connectivity index is 1.51. The highest BCUT2D eigenvalue weighted by atomic mass is 16.5. The zero-order valence-corrected chi connectivity index (χ0v) is 18.6. The molecule has 3 atom stereocenters. The van der Waals surface area contributed by atoms with Crippen molar-refractivity contribution in [3.05, 3.63) is 29.3 Å². The number of nitrogens with zero attached hydrogens (tertiary/aromatic N) is 5. The summed E-state index contributed by atoms with van der Waals surface area (Å²) in [6.45, 7) is 6.06. The lowest BCUT2D eigenvalue weighted by Crippen LogP contribution is -2.65. The molecule has 31 heavy (non-hydrogen) atoms. The van der Waals surface area contributed by atoms with E-state index in [-0.39, 0.29) is 25.1 Å². The Kier molecular flexibility index (Phi) is 5.79. The summed E-state index contributed by atoms with van der Waals surface area (Å²) in [6.07, 6.45) is 0.709. The summed E-state index contributed by atoms with van der Waals surface area (Å²) in [6, 6.07) is 4.82. The van der Waals surface area contributed by atoms with Gasteiger partial charge in [0.25, 0.3) is 5.91 Å². The molecule has 168 valence electrons. The van der Waals surface area contributed by atoms with Crippen molar-refractivity contribution in [1.82, 2.24) is 19.6 Å². The Bertz CT molecular complexity index is 898. The summed E-state index contributed by atoms with van der Waals surface area (Å²) >= 11 is 0. The first kappa shape index (κ1) is 21.4. The zero-order valence-electron chi connectivity index (χ0n) is 18.6. The third-order valence-corrected chi connectivity index (χ3v) is 6.41. The average Bonchev–Trinajstić information content (AvgIpc) is 3.40. The molecule has 0 aliphatic carbocycles. The minimum atomic E-state index is -0.825. The van der Waals surface area contributed by atoms with E-state index >= 15 is 0 Å². The molecule has 4 rings (SSSR count). The lowest BCUT2D eigenvalue weighted by molar-refractivity contribution is -0.136. The van der Waals surface area contributed by atoms with Crippen LogP contribution in [0.15, 0.2) is 23.2 Å². The second-order valence-corrected chi connectivity index (χ2v) is 8.64. The fourth-order valence-electron chi connectivity index (χ4n) is 4.40. The third-order valence-electron chi connectivity index (χ3n) is 6.41. The highest BCUT2D eigenvalue weighted by molar-refractivity contribution is 6.03. The number of likely N-dealkylation sites (tertiary alicyclic amines) is 1. The van der Waals surface area contributed by atoms with E-state index in [0.717, 1.165) is 36.4 Å². The van der Waals surface area contributed by atoms with Crippen LogP contribution in [0.4, 0.5) is 4.79 Å². The van der Waals surface area contributed by atoms with Gasteiger partial charge >= 0.3 is 6.03 Å². The van der Waals surface area contributed by atoms with E-state index in [1.54, 1.807) is 7.05 Å². The molecular weight excluding hydrogens is 398 g/mol. The van der Waals surface area contributed by atoms with Crippen molar-refractivity contribution in [3.8, 4) is 5.75 Å². The number of aliphatic hydroxyl groups excluding tert-OH is 1. The second kappa shape index (κ2) is 8.37. The molecule has 3 unspecified atom stereocenters. The number of benzene rings is 1. The number of aliphatic hydroxyl groups is 1. The number of hydrogen-bond acceptors (Lipinski definition) is 7. The number of urea groups is 1. The van der Waals surface area contributed by atoms with Crippen LogP contribution in [0, 0.1) is 13.8 Å². The number of fused-ring (bicyclic) bond motifs is 1. The van der Waals surface area contributed by atoms with Crippen molar-refractivity contribution < 1.29 is 19.4 Å². The maximum Gasteiger partial charge on any atom is 0.328 e. The van der Waals surface area contributed by atoms with Gasteiger partial charge in [-0.1, -0.05) is 6.07 Å². The molecule has 0 spiro atoms. The number of β-amino-alcohol motifs (C(OH)–C–C–N with tert-alkyl or cyclic N) is 1. The molecule has 0 radical (unpaired) electrons. The predicted octanol–water partition coefficient (Wildman–Crippen LogP) is 1.03. The van der Waals surface area contributed by atoms with Gasteiger partial charge in [-0.3, -0.25) is 9.69 Å². The summed E-state index contributed by atoms with van der Waals surface area (Å²) < 4.78 is 5.81. The van der Waals surface area contributed by atoms with Gasteiger partial charge in [-0.2, -0.15) is 0 Å². The summed E-state index contributed by atoms with van der Waals surface area (Å²) in [7, 11) is 3.15. The summed E-state index contributed by atoms with van der Waals surface area (Å²) in [4.78, 5) is 36.8. The molecule has 3 aliphatic rings. The Morgan fingerprint density at radius 3 is 2.55 bits per heavy atom. The maximum atomic E-state index is 13.0. The first-order valence-electron chi connectivity index (χ1n) is 10.8. The van der Waals surface area contributed by atoms with Crippen LogP contribution in [0.3, 0.4) is 0 Å². The molecule has 0 bridgehead atoms. The van der Waals surface area contributed by atoms with E-state index in [9.17, 15) is 14.7 Å². The number of hydrogen-bond donors (Lipinski definition) is 1. The quantitative estimate of drug-likeness (QED) is 0.752. The van der Waals surface area contributed by atoms with E-state index < -0.39 is 18.3 Å². The number of aryl methyl sites for hydroxylation is 2. The number of guanidine groups is 1. The summed E-state index contributed by atoms with van der Waals surface area (Å²) in [5.41, 5.74) is 2.31. The van der Waals surface area contributed by atoms with Crippen molar-refractivity contribution >= 4 is 17.9 Å². The number of aliphatic imine (C=N–C) groups is 1. The van der Waals surface area contributed by atoms with E-state index in [1.807, 2.05) is 36.9 Å². The van der Waals surface area contributed by atoms with Crippen molar-refractivity contribution in [2.45, 2.75) is 45.0 Å². The molecule has 3 aliphatic heterocycles. The van der Waals surface area contributed by atoms with Crippen LogP contribution >= 0.6 is 0 Å². The first-order valence-corrected chi connectivity index (χ1v) is 10.8. The highest BCUT2D eigenvalue weighted by Gasteiger charge is 2.52. The number of carbonyl (C=O) groups is 2. The SMILES string of the molecule is Cc1ccc(OCC(O)CN2C(N3CCCC3)=NC3C2C(=O)N(C)C(=O)N3C)cc1C. The number of rotatable bonds is 5. The van der Waals surface area contributed by atoms with Gasteiger partial charge in [0.15, 0.2) is 18.2 Å². The van der Waals surface area contributed by atoms with Gasteiger partial charge in [-0.25, -0.2) is 9.79 Å². The smallest absolute Gasteiger partial charge is 0.328 e. The predicted molar refractivity (Wildman–Crippen MR) is 116 cm³/mol. The van der Waals surface area contributed by atoms with Gasteiger partial charge in [0.1, 0.15) is 18.5 Å². The van der Waals surface area contributed by atoms with Gasteiger partial charge in [0, 0.05) is 27.2 Å². The second-order valence-electron chi connectivity index (χ2n) is 8.64. The standard InChI is InChI=1S/C22H31N5O4/c1-14-7-8-17(11-15(14)2)31-13-16(28)12-27-18-19(23-21(27)26-9-5-6-10-26)24(3)22(30)25(4)20(18)29/h7-8,11,16,18-19,28H,5-6,9-10,12-13H2,1-4H3. The van der Waals surface area contributed by atoms with Crippen LogP contribution in [0.5, 0.6) is 5.75 Å². The number of ether oxygens (including phenoxy) is 1. The minimum Gasteiger partial charge on any atom is -0.491 e. The van der Waals surface area contributed by atoms with E-state index in [1.165, 1.54) is 17.5 Å². The Morgan fingerprint density at radius 1 is 1.16 bits per heavy atom. The fourth-order valence-corrected chi connectivity index (χ4v) is 4.40. The van der Waals surface area contributed by atoms with Crippen LogP contribution < -0.4 is 4.74 Å². The topological polar surface area (TPSA) is 88.9 Å². The fraction of sp³-hybridized carbons (Fsp3) is 0.591. The molecule has 9 heteroatoms. The van der Waals surface area contributed by atoms with Crippen molar-refractivity contribution in [1.29, 1.82) is 0 Å². The normalized spacial score (nSPS) is 24.6. The number of carbonyl (C=O) groups excluding carboxylic acids is 2. The first-order chi connectivity index (χ1) is 14.8. The minimum absolute atomic E-state index is 0.0997. The number of imide groups is 1. The van der Waals surface area contributed by atoms with Gasteiger partial charge in [0.05, 0.1) is 6.54 Å². The van der Waals surface area contributed by atoms with Crippen molar-refractivity contribution in [2.24, 2.45) is 4.99 Å².